The highest BCUT2D eigenvalue weighted by atomic mass is 16.6. The Morgan fingerprint density at radius 2 is 0.875 bits per heavy atom. The van der Waals surface area contributed by atoms with Crippen molar-refractivity contribution in [3.8, 4) is 0 Å². The molecule has 1 aliphatic carbocycles. The van der Waals surface area contributed by atoms with Crippen molar-refractivity contribution < 1.29 is 29.2 Å². The molecule has 1 saturated carbocycles. The van der Waals surface area contributed by atoms with Crippen molar-refractivity contribution in [2.45, 2.75) is 56.4 Å². The fourth-order valence-corrected chi connectivity index (χ4v) is 5.06. The first-order valence-electron chi connectivity index (χ1n) is 13.6. The lowest BCUT2D eigenvalue weighted by molar-refractivity contribution is -0.189. The fourth-order valence-electron chi connectivity index (χ4n) is 5.06. The van der Waals surface area contributed by atoms with E-state index in [-0.39, 0.29) is 33.0 Å². The summed E-state index contributed by atoms with van der Waals surface area (Å²) in [6, 6.07) is 39.0. The molecule has 2 N–H and O–H groups in total. The maximum atomic E-state index is 12.1. The zero-order valence-corrected chi connectivity index (χ0v) is 22.4. The molecule has 0 aromatic heterocycles. The molecule has 1 aliphatic rings. The first-order chi connectivity index (χ1) is 19.6. The number of aliphatic hydroxyl groups excluding tert-OH is 1. The van der Waals surface area contributed by atoms with Gasteiger partial charge in [0.05, 0.1) is 33.0 Å². The van der Waals surface area contributed by atoms with Crippen LogP contribution in [0.1, 0.15) is 22.3 Å². The van der Waals surface area contributed by atoms with Crippen LogP contribution in [-0.4, -0.2) is 46.8 Å². The molecule has 6 nitrogen and oxygen atoms in total. The Hall–Kier alpha value is -3.36. The minimum atomic E-state index is -1.77. The molecule has 0 unspecified atom stereocenters. The van der Waals surface area contributed by atoms with Gasteiger partial charge in [0.2, 0.25) is 0 Å². The Kier molecular flexibility index (Phi) is 9.73. The third kappa shape index (κ3) is 7.04. The lowest BCUT2D eigenvalue weighted by atomic mass is 9.98. The average Bonchev–Trinajstić information content (AvgIpc) is 3.20. The van der Waals surface area contributed by atoms with Crippen molar-refractivity contribution in [1.82, 2.24) is 0 Å². The third-order valence-electron chi connectivity index (χ3n) is 7.23. The van der Waals surface area contributed by atoms with E-state index in [4.69, 9.17) is 18.9 Å². The van der Waals surface area contributed by atoms with Crippen molar-refractivity contribution in [2.24, 2.45) is 0 Å². The SMILES string of the molecule is O[C@H]1[C@H](OCc2ccccc2)[C@@H](OCc2ccccc2)[C@@H](OCc2ccccc2)[C@]1(O)COCc1ccccc1. The topological polar surface area (TPSA) is 77.4 Å². The van der Waals surface area contributed by atoms with Gasteiger partial charge in [0.25, 0.3) is 0 Å². The van der Waals surface area contributed by atoms with E-state index in [1.165, 1.54) is 0 Å². The lowest BCUT2D eigenvalue weighted by Gasteiger charge is -2.33. The summed E-state index contributed by atoms with van der Waals surface area (Å²) in [5, 5.41) is 23.7. The fraction of sp³-hybridized carbons (Fsp3) is 0.294. The number of rotatable bonds is 13. The van der Waals surface area contributed by atoms with Gasteiger partial charge in [-0.2, -0.15) is 0 Å². The molecule has 5 atom stereocenters. The molecule has 1 fully saturated rings. The predicted octanol–water partition coefficient (Wildman–Crippen LogP) is 5.07. The molecule has 0 saturated heterocycles. The first kappa shape index (κ1) is 28.2. The Morgan fingerprint density at radius 3 is 1.32 bits per heavy atom. The summed E-state index contributed by atoms with van der Waals surface area (Å²) in [6.07, 6.45) is -3.83. The van der Waals surface area contributed by atoms with Crippen molar-refractivity contribution in [2.75, 3.05) is 6.61 Å². The smallest absolute Gasteiger partial charge is 0.145 e. The van der Waals surface area contributed by atoms with Crippen LogP contribution in [0.3, 0.4) is 0 Å². The Bertz CT molecular complexity index is 1270. The minimum absolute atomic E-state index is 0.154. The number of ether oxygens (including phenoxy) is 4. The molecule has 0 radical (unpaired) electrons. The predicted molar refractivity (Wildman–Crippen MR) is 152 cm³/mol. The third-order valence-corrected chi connectivity index (χ3v) is 7.23. The second-order valence-corrected chi connectivity index (χ2v) is 10.2. The van der Waals surface area contributed by atoms with Gasteiger partial charge in [-0.1, -0.05) is 121 Å². The monoisotopic (exact) mass is 540 g/mol. The summed E-state index contributed by atoms with van der Waals surface area (Å²) in [6.45, 7) is 0.886. The van der Waals surface area contributed by atoms with Crippen molar-refractivity contribution >= 4 is 0 Å². The van der Waals surface area contributed by atoms with Crippen molar-refractivity contribution in [3.05, 3.63) is 144 Å². The molecule has 4 aromatic carbocycles. The van der Waals surface area contributed by atoms with Gasteiger partial charge in [-0.05, 0) is 22.3 Å². The van der Waals surface area contributed by atoms with Gasteiger partial charge < -0.3 is 29.2 Å². The largest absolute Gasteiger partial charge is 0.387 e. The maximum Gasteiger partial charge on any atom is 0.145 e. The lowest BCUT2D eigenvalue weighted by Crippen LogP contribution is -2.53. The highest BCUT2D eigenvalue weighted by Gasteiger charge is 2.62. The molecule has 4 aromatic rings. The summed E-state index contributed by atoms with van der Waals surface area (Å²) in [4.78, 5) is 0. The van der Waals surface area contributed by atoms with E-state index in [1.807, 2.05) is 121 Å². The standard InChI is InChI=1S/C34H36O6/c35-32-30(38-22-27-15-7-2-8-16-27)31(39-23-28-17-9-3-10-18-28)33(40-24-29-19-11-4-12-20-29)34(32,36)25-37-21-26-13-5-1-6-14-26/h1-20,30-33,35-36H,21-25H2/t30-,31-,32+,33-,34+/m1/s1. The number of aliphatic hydroxyl groups is 2. The Balaban J connectivity index is 1.40. The first-order valence-corrected chi connectivity index (χ1v) is 13.6. The molecule has 0 amide bonds. The maximum absolute atomic E-state index is 12.1. The molecule has 40 heavy (non-hydrogen) atoms. The van der Waals surface area contributed by atoms with E-state index in [1.54, 1.807) is 0 Å². The molecular formula is C34H36O6. The highest BCUT2D eigenvalue weighted by Crippen LogP contribution is 2.39. The second kappa shape index (κ2) is 13.8. The van der Waals surface area contributed by atoms with Crippen LogP contribution in [-0.2, 0) is 45.4 Å². The van der Waals surface area contributed by atoms with Gasteiger partial charge >= 0.3 is 0 Å². The van der Waals surface area contributed by atoms with Crippen LogP contribution in [0.15, 0.2) is 121 Å². The van der Waals surface area contributed by atoms with E-state index < -0.39 is 30.0 Å². The van der Waals surface area contributed by atoms with Crippen LogP contribution in [0.5, 0.6) is 0 Å². The summed E-state index contributed by atoms with van der Waals surface area (Å²) in [5.41, 5.74) is 2.06. The van der Waals surface area contributed by atoms with E-state index in [0.717, 1.165) is 22.3 Å². The van der Waals surface area contributed by atoms with Crippen LogP contribution in [0.25, 0.3) is 0 Å². The van der Waals surface area contributed by atoms with Gasteiger partial charge in [-0.15, -0.1) is 0 Å². The van der Waals surface area contributed by atoms with Crippen LogP contribution in [0, 0.1) is 0 Å². The summed E-state index contributed by atoms with van der Waals surface area (Å²) >= 11 is 0. The Morgan fingerprint density at radius 1 is 0.500 bits per heavy atom. The number of hydrogen-bond acceptors (Lipinski definition) is 6. The highest BCUT2D eigenvalue weighted by molar-refractivity contribution is 5.19. The summed E-state index contributed by atoms with van der Waals surface area (Å²) in [7, 11) is 0. The zero-order chi connectivity index (χ0) is 27.6. The molecule has 0 aliphatic heterocycles. The van der Waals surface area contributed by atoms with Crippen LogP contribution in [0.2, 0.25) is 0 Å². The van der Waals surface area contributed by atoms with Crippen LogP contribution >= 0.6 is 0 Å². The van der Waals surface area contributed by atoms with Crippen LogP contribution in [0.4, 0.5) is 0 Å². The zero-order valence-electron chi connectivity index (χ0n) is 22.4. The molecule has 6 heteroatoms. The van der Waals surface area contributed by atoms with Gasteiger partial charge in [-0.3, -0.25) is 0 Å². The van der Waals surface area contributed by atoms with Gasteiger partial charge in [0.15, 0.2) is 0 Å². The quantitative estimate of drug-likeness (QED) is 0.247. The van der Waals surface area contributed by atoms with E-state index >= 15 is 0 Å². The van der Waals surface area contributed by atoms with E-state index in [2.05, 4.69) is 0 Å². The van der Waals surface area contributed by atoms with Gasteiger partial charge in [0, 0.05) is 0 Å². The van der Waals surface area contributed by atoms with Gasteiger partial charge in [-0.25, -0.2) is 0 Å². The van der Waals surface area contributed by atoms with Gasteiger partial charge in [0.1, 0.15) is 30.0 Å². The van der Waals surface area contributed by atoms with E-state index in [0.29, 0.717) is 0 Å². The number of benzene rings is 4. The second-order valence-electron chi connectivity index (χ2n) is 10.2. The molecule has 208 valence electrons. The molecule has 0 bridgehead atoms. The average molecular weight is 541 g/mol. The molecule has 5 rings (SSSR count). The van der Waals surface area contributed by atoms with E-state index in [9.17, 15) is 10.2 Å². The Labute approximate surface area is 235 Å². The van der Waals surface area contributed by atoms with Crippen molar-refractivity contribution in [1.29, 1.82) is 0 Å². The molecular weight excluding hydrogens is 504 g/mol. The van der Waals surface area contributed by atoms with Crippen LogP contribution < -0.4 is 0 Å². The molecule has 0 heterocycles. The minimum Gasteiger partial charge on any atom is -0.387 e. The van der Waals surface area contributed by atoms with Crippen molar-refractivity contribution in [3.63, 3.8) is 0 Å². The summed E-state index contributed by atoms with van der Waals surface area (Å²) in [5.74, 6) is 0. The summed E-state index contributed by atoms with van der Waals surface area (Å²) < 4.78 is 25.0. The number of hydrogen-bond donors (Lipinski definition) is 2. The normalized spacial score (nSPS) is 24.2. The molecule has 0 spiro atoms.